The summed E-state index contributed by atoms with van der Waals surface area (Å²) in [5.41, 5.74) is 17.5. The summed E-state index contributed by atoms with van der Waals surface area (Å²) >= 11 is 0. The summed E-state index contributed by atoms with van der Waals surface area (Å²) in [4.78, 5) is 9.89. The van der Waals surface area contributed by atoms with Gasteiger partial charge in [0.2, 0.25) is 0 Å². The van der Waals surface area contributed by atoms with E-state index in [2.05, 4.69) is 0 Å². The summed E-state index contributed by atoms with van der Waals surface area (Å²) in [6, 6.07) is 3.80. The number of nitro benzene ring substituents is 1. The summed E-state index contributed by atoms with van der Waals surface area (Å²) in [6.07, 6.45) is 0. The topological polar surface area (TPSA) is 121 Å². The van der Waals surface area contributed by atoms with E-state index < -0.39 is 4.92 Å². The first-order valence-corrected chi connectivity index (χ1v) is 4.05. The molecule has 6 nitrogen and oxygen atoms in total. The molecule has 0 aromatic heterocycles. The van der Waals surface area contributed by atoms with Crippen molar-refractivity contribution in [2.24, 2.45) is 11.5 Å². The first-order valence-electron chi connectivity index (χ1n) is 4.05. The Morgan fingerprint density at radius 1 is 1.50 bits per heavy atom. The normalized spacial score (nSPS) is 12.4. The zero-order valence-electron chi connectivity index (χ0n) is 7.51. The van der Waals surface area contributed by atoms with E-state index in [1.54, 1.807) is 0 Å². The number of nitro groups is 1. The molecule has 0 radical (unpaired) electrons. The largest absolute Gasteiger partial charge is 0.398 e. The third-order valence-corrected chi connectivity index (χ3v) is 1.93. The lowest BCUT2D eigenvalue weighted by atomic mass is 10.1. The predicted octanol–water partition coefficient (Wildman–Crippen LogP) is 0.136. The van der Waals surface area contributed by atoms with Crippen LogP contribution in [-0.4, -0.2) is 11.5 Å². The first-order chi connectivity index (χ1) is 6.56. The Morgan fingerprint density at radius 3 is 2.57 bits per heavy atom. The van der Waals surface area contributed by atoms with Crippen LogP contribution in [0, 0.1) is 10.1 Å². The summed E-state index contributed by atoms with van der Waals surface area (Å²) < 4.78 is 0. The minimum atomic E-state index is -0.506. The highest BCUT2D eigenvalue weighted by atomic mass is 16.6. The fourth-order valence-corrected chi connectivity index (χ4v) is 1.14. The van der Waals surface area contributed by atoms with Gasteiger partial charge in [-0.3, -0.25) is 10.1 Å². The molecular formula is C8H12N4O2. The third kappa shape index (κ3) is 1.98. The molecule has 0 saturated carbocycles. The minimum Gasteiger partial charge on any atom is -0.398 e. The van der Waals surface area contributed by atoms with Gasteiger partial charge in [0.05, 0.1) is 4.92 Å². The maximum atomic E-state index is 10.4. The van der Waals surface area contributed by atoms with Crippen molar-refractivity contribution in [3.05, 3.63) is 33.9 Å². The number of hydrogen-bond acceptors (Lipinski definition) is 5. The number of nitrogen functional groups attached to an aromatic ring is 1. The van der Waals surface area contributed by atoms with Crippen LogP contribution in [-0.2, 0) is 0 Å². The van der Waals surface area contributed by atoms with Crippen molar-refractivity contribution in [3.63, 3.8) is 0 Å². The SMILES string of the molecule is NC[C@@H](N)c1ccc([N+](=O)[O-])cc1N. The van der Waals surface area contributed by atoms with Gasteiger partial charge in [-0.05, 0) is 11.6 Å². The average Bonchev–Trinajstić information content (AvgIpc) is 2.16. The molecule has 0 bridgehead atoms. The first kappa shape index (κ1) is 10.4. The molecule has 0 heterocycles. The van der Waals surface area contributed by atoms with Crippen molar-refractivity contribution in [2.75, 3.05) is 12.3 Å². The molecule has 0 aliphatic carbocycles. The van der Waals surface area contributed by atoms with Gasteiger partial charge in [-0.1, -0.05) is 0 Å². The molecule has 0 amide bonds. The fourth-order valence-electron chi connectivity index (χ4n) is 1.14. The number of benzene rings is 1. The molecule has 0 unspecified atom stereocenters. The van der Waals surface area contributed by atoms with Crippen LogP contribution in [0.4, 0.5) is 11.4 Å². The highest BCUT2D eigenvalue weighted by Crippen LogP contribution is 2.23. The Balaban J connectivity index is 3.07. The number of nitrogens with two attached hydrogens (primary N) is 3. The fraction of sp³-hybridized carbons (Fsp3) is 0.250. The van der Waals surface area contributed by atoms with Crippen LogP contribution in [0.3, 0.4) is 0 Å². The van der Waals surface area contributed by atoms with Crippen LogP contribution in [0.5, 0.6) is 0 Å². The second-order valence-corrected chi connectivity index (χ2v) is 2.91. The lowest BCUT2D eigenvalue weighted by Crippen LogP contribution is -2.21. The van der Waals surface area contributed by atoms with Crippen molar-refractivity contribution in [1.29, 1.82) is 0 Å². The van der Waals surface area contributed by atoms with Crippen molar-refractivity contribution >= 4 is 11.4 Å². The third-order valence-electron chi connectivity index (χ3n) is 1.93. The molecule has 6 N–H and O–H groups in total. The molecule has 0 aliphatic heterocycles. The van der Waals surface area contributed by atoms with Gasteiger partial charge in [0.25, 0.3) is 5.69 Å². The lowest BCUT2D eigenvalue weighted by molar-refractivity contribution is -0.384. The molecular weight excluding hydrogens is 184 g/mol. The van der Waals surface area contributed by atoms with Crippen molar-refractivity contribution in [2.45, 2.75) is 6.04 Å². The molecule has 14 heavy (non-hydrogen) atoms. The molecule has 1 rings (SSSR count). The molecule has 76 valence electrons. The van der Waals surface area contributed by atoms with Crippen molar-refractivity contribution in [1.82, 2.24) is 0 Å². The van der Waals surface area contributed by atoms with Gasteiger partial charge in [-0.25, -0.2) is 0 Å². The number of hydrogen-bond donors (Lipinski definition) is 3. The van der Waals surface area contributed by atoms with E-state index in [1.807, 2.05) is 0 Å². The lowest BCUT2D eigenvalue weighted by Gasteiger charge is -2.11. The van der Waals surface area contributed by atoms with Gasteiger partial charge in [0, 0.05) is 30.4 Å². The monoisotopic (exact) mass is 196 g/mol. The number of anilines is 1. The predicted molar refractivity (Wildman–Crippen MR) is 53.5 cm³/mol. The Labute approximate surface area is 80.8 Å². The van der Waals surface area contributed by atoms with Gasteiger partial charge in [-0.2, -0.15) is 0 Å². The standard InChI is InChI=1S/C8H12N4O2/c9-4-8(11)6-2-1-5(12(13)14)3-7(6)10/h1-3,8H,4,9-11H2/t8-/m1/s1. The summed E-state index contributed by atoms with van der Waals surface area (Å²) in [5.74, 6) is 0. The zero-order valence-corrected chi connectivity index (χ0v) is 7.51. The quantitative estimate of drug-likeness (QED) is 0.360. The second kappa shape index (κ2) is 4.03. The van der Waals surface area contributed by atoms with E-state index >= 15 is 0 Å². The van der Waals surface area contributed by atoms with Crippen molar-refractivity contribution < 1.29 is 4.92 Å². The van der Waals surface area contributed by atoms with Crippen LogP contribution >= 0.6 is 0 Å². The van der Waals surface area contributed by atoms with Crippen LogP contribution < -0.4 is 17.2 Å². The average molecular weight is 196 g/mol. The molecule has 1 atom stereocenters. The highest BCUT2D eigenvalue weighted by Gasteiger charge is 2.12. The molecule has 0 aliphatic rings. The second-order valence-electron chi connectivity index (χ2n) is 2.91. The summed E-state index contributed by atoms with van der Waals surface area (Å²) in [7, 11) is 0. The number of non-ortho nitro benzene ring substituents is 1. The van der Waals surface area contributed by atoms with Crippen LogP contribution in [0.25, 0.3) is 0 Å². The summed E-state index contributed by atoms with van der Waals surface area (Å²) in [6.45, 7) is 0.252. The Morgan fingerprint density at radius 2 is 2.14 bits per heavy atom. The Bertz CT molecular complexity index is 353. The van der Waals surface area contributed by atoms with E-state index in [9.17, 15) is 10.1 Å². The molecule has 0 saturated heterocycles. The zero-order chi connectivity index (χ0) is 10.7. The maximum Gasteiger partial charge on any atom is 0.271 e. The smallest absolute Gasteiger partial charge is 0.271 e. The number of rotatable bonds is 3. The van der Waals surface area contributed by atoms with E-state index in [-0.39, 0.29) is 18.3 Å². The molecule has 6 heteroatoms. The minimum absolute atomic E-state index is 0.0459. The summed E-state index contributed by atoms with van der Waals surface area (Å²) in [5, 5.41) is 10.4. The Kier molecular flexibility index (Phi) is 3.00. The van der Waals surface area contributed by atoms with Gasteiger partial charge in [-0.15, -0.1) is 0 Å². The molecule has 1 aromatic rings. The van der Waals surface area contributed by atoms with Crippen LogP contribution in [0.2, 0.25) is 0 Å². The van der Waals surface area contributed by atoms with Gasteiger partial charge < -0.3 is 17.2 Å². The van der Waals surface area contributed by atoms with Gasteiger partial charge >= 0.3 is 0 Å². The van der Waals surface area contributed by atoms with E-state index in [0.29, 0.717) is 11.3 Å². The van der Waals surface area contributed by atoms with Gasteiger partial charge in [0.15, 0.2) is 0 Å². The molecule has 0 fully saturated rings. The Hall–Kier alpha value is -1.66. The van der Waals surface area contributed by atoms with Crippen molar-refractivity contribution in [3.8, 4) is 0 Å². The van der Waals surface area contributed by atoms with Gasteiger partial charge in [0.1, 0.15) is 0 Å². The van der Waals surface area contributed by atoms with E-state index in [4.69, 9.17) is 17.2 Å². The van der Waals surface area contributed by atoms with Crippen LogP contribution in [0.1, 0.15) is 11.6 Å². The molecule has 0 spiro atoms. The maximum absolute atomic E-state index is 10.4. The van der Waals surface area contributed by atoms with E-state index in [0.717, 1.165) is 0 Å². The highest BCUT2D eigenvalue weighted by molar-refractivity contribution is 5.55. The van der Waals surface area contributed by atoms with E-state index in [1.165, 1.54) is 18.2 Å². The molecule has 1 aromatic carbocycles. The number of nitrogens with zero attached hydrogens (tertiary/aromatic N) is 1. The van der Waals surface area contributed by atoms with Crippen LogP contribution in [0.15, 0.2) is 18.2 Å².